The van der Waals surface area contributed by atoms with Crippen LogP contribution < -0.4 is 0 Å². The number of nitrogens with zero attached hydrogens (tertiary/aromatic N) is 3. The van der Waals surface area contributed by atoms with E-state index in [1.807, 2.05) is 0 Å². The van der Waals surface area contributed by atoms with Crippen molar-refractivity contribution in [2.45, 2.75) is 26.4 Å². The first kappa shape index (κ1) is 10.4. The van der Waals surface area contributed by atoms with Gasteiger partial charge in [0.1, 0.15) is 11.9 Å². The maximum absolute atomic E-state index is 11.1. The van der Waals surface area contributed by atoms with Crippen molar-refractivity contribution in [3.05, 3.63) is 18.5 Å². The number of hydrogen-bond acceptors (Lipinski definition) is 3. The number of amides is 1. The molecule has 0 unspecified atom stereocenters. The van der Waals surface area contributed by atoms with Gasteiger partial charge in [0.05, 0.1) is 0 Å². The summed E-state index contributed by atoms with van der Waals surface area (Å²) in [5, 5.41) is 3.84. The second-order valence-corrected chi connectivity index (χ2v) is 3.71. The predicted molar refractivity (Wildman–Crippen MR) is 52.4 cm³/mol. The highest BCUT2D eigenvalue weighted by atomic mass is 16.6. The van der Waals surface area contributed by atoms with Gasteiger partial charge in [0.25, 0.3) is 0 Å². The van der Waals surface area contributed by atoms with E-state index < -0.39 is 11.7 Å². The number of rotatable bonds is 1. The van der Waals surface area contributed by atoms with E-state index in [0.717, 1.165) is 0 Å². The smallest absolute Gasteiger partial charge is 0.435 e. The van der Waals surface area contributed by atoms with Crippen LogP contribution in [0.5, 0.6) is 0 Å². The molecule has 5 nitrogen and oxygen atoms in total. The standard InChI is InChI=1S/C9H13N3O2/c1-9(2,3)14-8(13)10-7-12-6-4-5-11-12/h4-7H,1-3H3. The lowest BCUT2D eigenvalue weighted by atomic mass is 10.2. The van der Waals surface area contributed by atoms with Crippen molar-refractivity contribution < 1.29 is 9.53 Å². The number of ether oxygens (including phenoxy) is 1. The molecule has 0 aliphatic rings. The highest BCUT2D eigenvalue weighted by molar-refractivity contribution is 5.79. The summed E-state index contributed by atoms with van der Waals surface area (Å²) < 4.78 is 6.38. The average Bonchev–Trinajstić information content (AvgIpc) is 2.49. The molecule has 0 saturated heterocycles. The zero-order chi connectivity index (χ0) is 10.6. The highest BCUT2D eigenvalue weighted by Crippen LogP contribution is 2.07. The Morgan fingerprint density at radius 3 is 2.79 bits per heavy atom. The van der Waals surface area contributed by atoms with Gasteiger partial charge in [-0.25, -0.2) is 9.48 Å². The highest BCUT2D eigenvalue weighted by Gasteiger charge is 2.14. The van der Waals surface area contributed by atoms with Gasteiger partial charge in [0, 0.05) is 12.4 Å². The minimum absolute atomic E-state index is 0.515. The Bertz CT molecular complexity index is 322. The lowest BCUT2D eigenvalue weighted by Gasteiger charge is -2.16. The van der Waals surface area contributed by atoms with Crippen LogP contribution in [-0.4, -0.2) is 27.8 Å². The molecule has 1 amide bonds. The van der Waals surface area contributed by atoms with Gasteiger partial charge in [0.15, 0.2) is 0 Å². The first-order chi connectivity index (χ1) is 6.47. The molecule has 0 bridgehead atoms. The Kier molecular flexibility index (Phi) is 3.01. The van der Waals surface area contributed by atoms with Crippen LogP contribution in [0.2, 0.25) is 0 Å². The van der Waals surface area contributed by atoms with E-state index in [9.17, 15) is 4.79 Å². The molecule has 0 atom stereocenters. The maximum Gasteiger partial charge on any atom is 0.435 e. The fourth-order valence-corrected chi connectivity index (χ4v) is 0.744. The molecule has 1 heterocycles. The number of carbonyl (C=O) groups is 1. The Morgan fingerprint density at radius 1 is 1.57 bits per heavy atom. The molecule has 5 heteroatoms. The quantitative estimate of drug-likeness (QED) is 0.506. The molecular formula is C9H13N3O2. The molecule has 1 aromatic rings. The van der Waals surface area contributed by atoms with Crippen molar-refractivity contribution in [3.8, 4) is 0 Å². The van der Waals surface area contributed by atoms with Gasteiger partial charge in [0.2, 0.25) is 0 Å². The Labute approximate surface area is 82.4 Å². The predicted octanol–water partition coefficient (Wildman–Crippen LogP) is 1.69. The number of aromatic nitrogens is 2. The van der Waals surface area contributed by atoms with Gasteiger partial charge in [-0.15, -0.1) is 0 Å². The van der Waals surface area contributed by atoms with Crippen molar-refractivity contribution in [2.24, 2.45) is 4.99 Å². The maximum atomic E-state index is 11.1. The summed E-state index contributed by atoms with van der Waals surface area (Å²) in [6, 6.07) is 1.74. The van der Waals surface area contributed by atoms with Crippen LogP contribution in [-0.2, 0) is 4.74 Å². The molecular weight excluding hydrogens is 182 g/mol. The average molecular weight is 195 g/mol. The van der Waals surface area contributed by atoms with Gasteiger partial charge in [-0.2, -0.15) is 10.1 Å². The molecule has 1 rings (SSSR count). The first-order valence-corrected chi connectivity index (χ1v) is 4.24. The summed E-state index contributed by atoms with van der Waals surface area (Å²) in [7, 11) is 0. The summed E-state index contributed by atoms with van der Waals surface area (Å²) in [6.07, 6.45) is 3.95. The van der Waals surface area contributed by atoms with Crippen molar-refractivity contribution in [3.63, 3.8) is 0 Å². The molecule has 76 valence electrons. The van der Waals surface area contributed by atoms with Crippen molar-refractivity contribution in [1.29, 1.82) is 0 Å². The molecule has 0 saturated carbocycles. The third-order valence-corrected chi connectivity index (χ3v) is 1.20. The number of hydrogen-bond donors (Lipinski definition) is 0. The van der Waals surface area contributed by atoms with Crippen LogP contribution in [0.15, 0.2) is 23.5 Å². The van der Waals surface area contributed by atoms with Crippen LogP contribution in [0.1, 0.15) is 20.8 Å². The minimum Gasteiger partial charge on any atom is -0.442 e. The summed E-state index contributed by atoms with van der Waals surface area (Å²) in [5.41, 5.74) is -0.515. The zero-order valence-electron chi connectivity index (χ0n) is 8.47. The van der Waals surface area contributed by atoms with Crippen LogP contribution in [0.25, 0.3) is 0 Å². The molecule has 0 radical (unpaired) electrons. The van der Waals surface area contributed by atoms with Crippen LogP contribution >= 0.6 is 0 Å². The molecule has 1 aromatic heterocycles. The number of carbonyl (C=O) groups excluding carboxylic acids is 1. The zero-order valence-corrected chi connectivity index (χ0v) is 8.47. The van der Waals surface area contributed by atoms with Crippen molar-refractivity contribution >= 4 is 12.4 Å². The van der Waals surface area contributed by atoms with Crippen LogP contribution in [0.3, 0.4) is 0 Å². The summed E-state index contributed by atoms with van der Waals surface area (Å²) in [5.74, 6) is 0. The summed E-state index contributed by atoms with van der Waals surface area (Å²) >= 11 is 0. The monoisotopic (exact) mass is 195 g/mol. The summed E-state index contributed by atoms with van der Waals surface area (Å²) in [6.45, 7) is 5.36. The van der Waals surface area contributed by atoms with Gasteiger partial charge < -0.3 is 4.74 Å². The third-order valence-electron chi connectivity index (χ3n) is 1.20. The third kappa shape index (κ3) is 3.84. The van der Waals surface area contributed by atoms with Gasteiger partial charge >= 0.3 is 6.09 Å². The Hall–Kier alpha value is -1.65. The first-order valence-electron chi connectivity index (χ1n) is 4.24. The van der Waals surface area contributed by atoms with Gasteiger partial charge in [-0.05, 0) is 26.8 Å². The molecule has 0 fully saturated rings. The molecule has 0 aliphatic carbocycles. The molecule has 0 aromatic carbocycles. The molecule has 0 spiro atoms. The van der Waals surface area contributed by atoms with E-state index in [1.54, 1.807) is 39.2 Å². The fraction of sp³-hybridized carbons (Fsp3) is 0.444. The SMILES string of the molecule is CC(C)(C)OC(=O)N=Cn1cccn1. The Balaban J connectivity index is 2.49. The van der Waals surface area contributed by atoms with E-state index in [-0.39, 0.29) is 0 Å². The van der Waals surface area contributed by atoms with E-state index in [2.05, 4.69) is 10.1 Å². The van der Waals surface area contributed by atoms with Gasteiger partial charge in [-0.3, -0.25) is 0 Å². The van der Waals surface area contributed by atoms with E-state index in [0.29, 0.717) is 0 Å². The van der Waals surface area contributed by atoms with Gasteiger partial charge in [-0.1, -0.05) is 0 Å². The van der Waals surface area contributed by atoms with Crippen LogP contribution in [0.4, 0.5) is 4.79 Å². The molecule has 0 N–H and O–H groups in total. The normalized spacial score (nSPS) is 11.9. The lowest BCUT2D eigenvalue weighted by molar-refractivity contribution is 0.0604. The topological polar surface area (TPSA) is 56.5 Å². The largest absolute Gasteiger partial charge is 0.442 e. The minimum atomic E-state index is -0.618. The summed E-state index contributed by atoms with van der Waals surface area (Å²) in [4.78, 5) is 14.7. The fourth-order valence-electron chi connectivity index (χ4n) is 0.744. The van der Waals surface area contributed by atoms with Crippen LogP contribution in [0, 0.1) is 0 Å². The van der Waals surface area contributed by atoms with Crippen molar-refractivity contribution in [1.82, 2.24) is 9.78 Å². The lowest BCUT2D eigenvalue weighted by Crippen LogP contribution is -2.22. The molecule has 14 heavy (non-hydrogen) atoms. The van der Waals surface area contributed by atoms with Crippen molar-refractivity contribution in [2.75, 3.05) is 0 Å². The number of aliphatic imine (C=N–C) groups is 1. The van der Waals surface area contributed by atoms with E-state index in [1.165, 1.54) is 11.0 Å². The van der Waals surface area contributed by atoms with E-state index >= 15 is 0 Å². The van der Waals surface area contributed by atoms with E-state index in [4.69, 9.17) is 4.74 Å². The second-order valence-electron chi connectivity index (χ2n) is 3.71. The molecule has 0 aliphatic heterocycles. The second kappa shape index (κ2) is 4.04. The Morgan fingerprint density at radius 2 is 2.29 bits per heavy atom.